The average Bonchev–Trinajstić information content (AvgIpc) is 2.41. The molecule has 2 heteroatoms. The highest BCUT2D eigenvalue weighted by Crippen LogP contribution is 2.09. The number of nitrogens with zero attached hydrogens (tertiary/aromatic N) is 1. The first-order valence-corrected chi connectivity index (χ1v) is 7.18. The van der Waals surface area contributed by atoms with Crippen LogP contribution in [0.3, 0.4) is 0 Å². The summed E-state index contributed by atoms with van der Waals surface area (Å²) >= 11 is 0. The maximum Gasteiger partial charge on any atom is 0.0343 e. The molecule has 0 unspecified atom stereocenters. The topological polar surface area (TPSA) is 15.3 Å². The first-order valence-electron chi connectivity index (χ1n) is 7.18. The van der Waals surface area contributed by atoms with Crippen molar-refractivity contribution in [3.8, 4) is 0 Å². The Kier molecular flexibility index (Phi) is 5.19. The third-order valence-electron chi connectivity index (χ3n) is 3.41. The zero-order valence-electron chi connectivity index (χ0n) is 12.7. The maximum absolute atomic E-state index is 3.47. The molecule has 0 bridgehead atoms. The van der Waals surface area contributed by atoms with Crippen molar-refractivity contribution in [2.24, 2.45) is 0 Å². The van der Waals surface area contributed by atoms with Crippen molar-refractivity contribution in [1.29, 1.82) is 0 Å². The van der Waals surface area contributed by atoms with E-state index >= 15 is 0 Å². The quantitative estimate of drug-likeness (QED) is 0.856. The second-order valence-electron chi connectivity index (χ2n) is 5.52. The van der Waals surface area contributed by atoms with Gasteiger partial charge in [-0.3, -0.25) is 0 Å². The normalized spacial score (nSPS) is 10.8. The second-order valence-corrected chi connectivity index (χ2v) is 5.52. The predicted molar refractivity (Wildman–Crippen MR) is 87.2 cm³/mol. The number of benzene rings is 2. The third kappa shape index (κ3) is 4.71. The van der Waals surface area contributed by atoms with Gasteiger partial charge >= 0.3 is 0 Å². The summed E-state index contributed by atoms with van der Waals surface area (Å²) in [6.45, 7) is 7.23. The summed E-state index contributed by atoms with van der Waals surface area (Å²) in [5.74, 6) is 0. The lowest BCUT2D eigenvalue weighted by molar-refractivity contribution is 0.340. The van der Waals surface area contributed by atoms with Crippen LogP contribution >= 0.6 is 0 Å². The van der Waals surface area contributed by atoms with E-state index in [1.54, 1.807) is 0 Å². The molecule has 2 rings (SSSR count). The second kappa shape index (κ2) is 7.11. The number of hydrogen-bond acceptors (Lipinski definition) is 2. The number of likely N-dealkylation sites (N-methyl/N-ethyl adjacent to an activating group) is 1. The van der Waals surface area contributed by atoms with Crippen molar-refractivity contribution >= 4 is 5.69 Å². The fraction of sp³-hybridized carbons (Fsp3) is 0.333. The highest BCUT2D eigenvalue weighted by Gasteiger charge is 2.00. The lowest BCUT2D eigenvalue weighted by Crippen LogP contribution is -2.24. The van der Waals surface area contributed by atoms with Gasteiger partial charge in [-0.15, -0.1) is 0 Å². The third-order valence-corrected chi connectivity index (χ3v) is 3.41. The van der Waals surface area contributed by atoms with Gasteiger partial charge in [0.1, 0.15) is 0 Å². The molecule has 20 heavy (non-hydrogen) atoms. The smallest absolute Gasteiger partial charge is 0.0343 e. The molecule has 0 aliphatic carbocycles. The summed E-state index contributed by atoms with van der Waals surface area (Å²) in [6, 6.07) is 17.3. The van der Waals surface area contributed by atoms with Crippen molar-refractivity contribution in [2.75, 3.05) is 25.5 Å². The zero-order chi connectivity index (χ0) is 14.4. The van der Waals surface area contributed by atoms with Crippen LogP contribution in [0.15, 0.2) is 48.5 Å². The Morgan fingerprint density at radius 2 is 1.70 bits per heavy atom. The van der Waals surface area contributed by atoms with E-state index in [2.05, 4.69) is 79.6 Å². The van der Waals surface area contributed by atoms with Crippen LogP contribution in [0.25, 0.3) is 0 Å². The Balaban J connectivity index is 1.75. The van der Waals surface area contributed by atoms with Gasteiger partial charge in [-0.2, -0.15) is 0 Å². The number of anilines is 1. The number of rotatable bonds is 6. The van der Waals surface area contributed by atoms with Crippen LogP contribution in [0.5, 0.6) is 0 Å². The molecule has 0 radical (unpaired) electrons. The molecule has 0 fully saturated rings. The van der Waals surface area contributed by atoms with Crippen LogP contribution in [-0.2, 0) is 6.54 Å². The summed E-state index contributed by atoms with van der Waals surface area (Å²) in [5, 5.41) is 3.47. The largest absolute Gasteiger partial charge is 0.384 e. The molecule has 0 saturated heterocycles. The lowest BCUT2D eigenvalue weighted by Gasteiger charge is -2.17. The molecule has 0 spiro atoms. The van der Waals surface area contributed by atoms with Gasteiger partial charge in [0, 0.05) is 25.3 Å². The highest BCUT2D eigenvalue weighted by atomic mass is 15.1. The lowest BCUT2D eigenvalue weighted by atomic mass is 10.1. The Morgan fingerprint density at radius 3 is 2.40 bits per heavy atom. The van der Waals surface area contributed by atoms with Crippen LogP contribution in [0.1, 0.15) is 16.7 Å². The first kappa shape index (κ1) is 14.6. The Hall–Kier alpha value is -1.80. The summed E-state index contributed by atoms with van der Waals surface area (Å²) in [6.07, 6.45) is 0. The SMILES string of the molecule is Cc1ccc(CN(C)CCNc2cccc(C)c2)cc1. The monoisotopic (exact) mass is 268 g/mol. The number of hydrogen-bond donors (Lipinski definition) is 1. The van der Waals surface area contributed by atoms with Gasteiger partial charge in [-0.25, -0.2) is 0 Å². The van der Waals surface area contributed by atoms with Gasteiger partial charge in [0.05, 0.1) is 0 Å². The van der Waals surface area contributed by atoms with Crippen molar-refractivity contribution < 1.29 is 0 Å². The summed E-state index contributed by atoms with van der Waals surface area (Å²) in [5.41, 5.74) is 5.18. The van der Waals surface area contributed by atoms with Gasteiger partial charge < -0.3 is 10.2 Å². The maximum atomic E-state index is 3.47. The van der Waals surface area contributed by atoms with Crippen molar-refractivity contribution in [1.82, 2.24) is 4.90 Å². The minimum absolute atomic E-state index is 0.964. The van der Waals surface area contributed by atoms with Crippen LogP contribution < -0.4 is 5.32 Å². The van der Waals surface area contributed by atoms with Crippen LogP contribution in [0, 0.1) is 13.8 Å². The van der Waals surface area contributed by atoms with Gasteiger partial charge in [0.2, 0.25) is 0 Å². The molecule has 2 aromatic rings. The molecule has 0 aromatic heterocycles. The fourth-order valence-corrected chi connectivity index (χ4v) is 2.23. The molecular formula is C18H24N2. The highest BCUT2D eigenvalue weighted by molar-refractivity contribution is 5.45. The molecular weight excluding hydrogens is 244 g/mol. The number of aryl methyl sites for hydroxylation is 2. The van der Waals surface area contributed by atoms with Crippen molar-refractivity contribution in [3.05, 3.63) is 65.2 Å². The molecule has 106 valence electrons. The summed E-state index contributed by atoms with van der Waals surface area (Å²) < 4.78 is 0. The minimum Gasteiger partial charge on any atom is -0.384 e. The van der Waals surface area contributed by atoms with E-state index < -0.39 is 0 Å². The van der Waals surface area contributed by atoms with Gasteiger partial charge in [0.15, 0.2) is 0 Å². The Labute approximate surface area is 122 Å². The minimum atomic E-state index is 0.964. The Bertz CT molecular complexity index is 531. The summed E-state index contributed by atoms with van der Waals surface area (Å²) in [7, 11) is 2.16. The molecule has 0 atom stereocenters. The van der Waals surface area contributed by atoms with E-state index in [4.69, 9.17) is 0 Å². The Morgan fingerprint density at radius 1 is 0.950 bits per heavy atom. The zero-order valence-corrected chi connectivity index (χ0v) is 12.7. The van der Waals surface area contributed by atoms with E-state index in [0.717, 1.165) is 19.6 Å². The van der Waals surface area contributed by atoms with Gasteiger partial charge in [-0.1, -0.05) is 42.0 Å². The van der Waals surface area contributed by atoms with Crippen molar-refractivity contribution in [2.45, 2.75) is 20.4 Å². The first-order chi connectivity index (χ1) is 9.63. The van der Waals surface area contributed by atoms with Crippen molar-refractivity contribution in [3.63, 3.8) is 0 Å². The molecule has 0 aliphatic rings. The standard InChI is InChI=1S/C18H24N2/c1-15-7-9-17(10-8-15)14-20(3)12-11-19-18-6-4-5-16(2)13-18/h4-10,13,19H,11-12,14H2,1-3H3. The molecule has 0 saturated carbocycles. The van der Waals surface area contributed by atoms with E-state index in [9.17, 15) is 0 Å². The predicted octanol–water partition coefficient (Wildman–Crippen LogP) is 3.85. The van der Waals surface area contributed by atoms with Crippen LogP contribution in [0.4, 0.5) is 5.69 Å². The van der Waals surface area contributed by atoms with Crippen LogP contribution in [0.2, 0.25) is 0 Å². The van der Waals surface area contributed by atoms with E-state index in [0.29, 0.717) is 0 Å². The van der Waals surface area contributed by atoms with E-state index in [1.165, 1.54) is 22.4 Å². The number of nitrogens with one attached hydrogen (secondary N) is 1. The molecule has 0 amide bonds. The van der Waals surface area contributed by atoms with Gasteiger partial charge in [-0.05, 0) is 44.2 Å². The van der Waals surface area contributed by atoms with E-state index in [1.807, 2.05) is 0 Å². The van der Waals surface area contributed by atoms with E-state index in [-0.39, 0.29) is 0 Å². The molecule has 2 aromatic carbocycles. The average molecular weight is 268 g/mol. The summed E-state index contributed by atoms with van der Waals surface area (Å²) in [4.78, 5) is 2.34. The fourth-order valence-electron chi connectivity index (χ4n) is 2.23. The molecule has 1 N–H and O–H groups in total. The van der Waals surface area contributed by atoms with Crippen LogP contribution in [-0.4, -0.2) is 25.0 Å². The molecule has 0 heterocycles. The molecule has 2 nitrogen and oxygen atoms in total. The van der Waals surface area contributed by atoms with Gasteiger partial charge in [0.25, 0.3) is 0 Å². The molecule has 0 aliphatic heterocycles.